The number of nitrogens with zero attached hydrogens (tertiary/aromatic N) is 2. The molecule has 0 saturated heterocycles. The Hall–Kier alpha value is -3.76. The zero-order chi connectivity index (χ0) is 29.4. The van der Waals surface area contributed by atoms with Crippen LogP contribution in [0.15, 0.2) is 72.8 Å². The first-order valence-electron chi connectivity index (χ1n) is 13.4. The van der Waals surface area contributed by atoms with Crippen molar-refractivity contribution >= 4 is 39.1 Å². The van der Waals surface area contributed by atoms with E-state index in [9.17, 15) is 18.0 Å². The van der Waals surface area contributed by atoms with Crippen molar-refractivity contribution in [1.82, 2.24) is 10.2 Å². The normalized spacial score (nSPS) is 13.0. The lowest BCUT2D eigenvalue weighted by molar-refractivity contribution is -0.141. The van der Waals surface area contributed by atoms with Crippen molar-refractivity contribution in [3.8, 4) is 11.5 Å². The van der Waals surface area contributed by atoms with Gasteiger partial charge in [-0.1, -0.05) is 60.1 Å². The van der Waals surface area contributed by atoms with Gasteiger partial charge in [-0.2, -0.15) is 0 Å². The summed E-state index contributed by atoms with van der Waals surface area (Å²) in [6.07, 6.45) is 1.68. The molecule has 1 N–H and O–H groups in total. The van der Waals surface area contributed by atoms with Crippen LogP contribution in [-0.2, 0) is 32.6 Å². The van der Waals surface area contributed by atoms with E-state index in [2.05, 4.69) is 5.32 Å². The van der Waals surface area contributed by atoms with E-state index in [1.165, 1.54) is 4.31 Å². The van der Waals surface area contributed by atoms with Crippen LogP contribution < -0.4 is 19.1 Å². The summed E-state index contributed by atoms with van der Waals surface area (Å²) in [6, 6.07) is 20.8. The van der Waals surface area contributed by atoms with Gasteiger partial charge in [-0.15, -0.1) is 0 Å². The van der Waals surface area contributed by atoms with Crippen molar-refractivity contribution in [3.05, 3.63) is 88.9 Å². The number of anilines is 1. The molecule has 3 aromatic rings. The predicted octanol–water partition coefficient (Wildman–Crippen LogP) is 4.39. The average Bonchev–Trinajstić information content (AvgIpc) is 3.42. The molecule has 3 aromatic carbocycles. The maximum atomic E-state index is 13.8. The Labute approximate surface area is 246 Å². The van der Waals surface area contributed by atoms with Gasteiger partial charge in [-0.25, -0.2) is 8.42 Å². The zero-order valence-corrected chi connectivity index (χ0v) is 24.7. The standard InChI is InChI=1S/C30H34ClN3O6S/c1-3-32-30(36)26(18-22-10-5-4-6-11-22)33(20-23-12-7-8-13-25(23)31)29(35)14-9-17-34(41(2,37)38)24-15-16-27-28(19-24)40-21-39-27/h4-8,10-13,15-16,19,26H,3,9,14,17-18,20-21H2,1-2H3,(H,32,36)/t26-/m0/s1. The molecular formula is C30H34ClN3O6S. The summed E-state index contributed by atoms with van der Waals surface area (Å²) in [7, 11) is -3.66. The van der Waals surface area contributed by atoms with Crippen molar-refractivity contribution in [3.63, 3.8) is 0 Å². The third kappa shape index (κ3) is 7.92. The number of fused-ring (bicyclic) bond motifs is 1. The van der Waals surface area contributed by atoms with E-state index < -0.39 is 16.1 Å². The Morgan fingerprint density at radius 2 is 1.71 bits per heavy atom. The van der Waals surface area contributed by atoms with E-state index in [1.54, 1.807) is 35.2 Å². The number of ether oxygens (including phenoxy) is 2. The Kier molecular flexibility index (Phi) is 10.1. The first kappa shape index (κ1) is 30.2. The minimum Gasteiger partial charge on any atom is -0.454 e. The SMILES string of the molecule is CCNC(=O)[C@H](Cc1ccccc1)N(Cc1ccccc1Cl)C(=O)CCCN(c1ccc2c(c1)OCO2)S(C)(=O)=O. The molecule has 0 unspecified atom stereocenters. The highest BCUT2D eigenvalue weighted by Crippen LogP contribution is 2.36. The largest absolute Gasteiger partial charge is 0.454 e. The molecule has 4 rings (SSSR count). The lowest BCUT2D eigenvalue weighted by Crippen LogP contribution is -2.50. The van der Waals surface area contributed by atoms with Crippen molar-refractivity contribution in [2.75, 3.05) is 30.4 Å². The molecule has 0 spiro atoms. The fourth-order valence-corrected chi connectivity index (χ4v) is 5.85. The molecule has 0 radical (unpaired) electrons. The lowest BCUT2D eigenvalue weighted by Gasteiger charge is -2.32. The second-order valence-corrected chi connectivity index (χ2v) is 12.0. The van der Waals surface area contributed by atoms with Gasteiger partial charge < -0.3 is 19.7 Å². The molecule has 1 aliphatic rings. The van der Waals surface area contributed by atoms with Gasteiger partial charge in [0.2, 0.25) is 28.6 Å². The number of amides is 2. The lowest BCUT2D eigenvalue weighted by atomic mass is 10.0. The van der Waals surface area contributed by atoms with Crippen molar-refractivity contribution in [2.24, 2.45) is 0 Å². The highest BCUT2D eigenvalue weighted by molar-refractivity contribution is 7.92. The molecule has 1 atom stereocenters. The van der Waals surface area contributed by atoms with Crippen LogP contribution in [-0.4, -0.2) is 57.3 Å². The Balaban J connectivity index is 1.56. The van der Waals surface area contributed by atoms with Gasteiger partial charge in [-0.05, 0) is 42.7 Å². The predicted molar refractivity (Wildman–Crippen MR) is 159 cm³/mol. The molecule has 9 nitrogen and oxygen atoms in total. The third-order valence-electron chi connectivity index (χ3n) is 6.72. The van der Waals surface area contributed by atoms with E-state index in [4.69, 9.17) is 21.1 Å². The minimum atomic E-state index is -3.66. The summed E-state index contributed by atoms with van der Waals surface area (Å²) in [6.45, 7) is 2.51. The zero-order valence-electron chi connectivity index (χ0n) is 23.1. The number of hydrogen-bond donors (Lipinski definition) is 1. The topological polar surface area (TPSA) is 105 Å². The number of sulfonamides is 1. The minimum absolute atomic E-state index is 0.0196. The summed E-state index contributed by atoms with van der Waals surface area (Å²) >= 11 is 6.45. The number of hydrogen-bond acceptors (Lipinski definition) is 6. The Bertz CT molecular complexity index is 1470. The van der Waals surface area contributed by atoms with E-state index in [1.807, 2.05) is 49.4 Å². The molecule has 1 heterocycles. The molecule has 0 aliphatic carbocycles. The van der Waals surface area contributed by atoms with Gasteiger partial charge in [0.15, 0.2) is 11.5 Å². The van der Waals surface area contributed by atoms with Crippen LogP contribution >= 0.6 is 11.6 Å². The molecule has 0 fully saturated rings. The summed E-state index contributed by atoms with van der Waals surface area (Å²) in [5.41, 5.74) is 2.04. The number of halogens is 1. The molecule has 0 bridgehead atoms. The Morgan fingerprint density at radius 1 is 1.00 bits per heavy atom. The number of carbonyl (C=O) groups excluding carboxylic acids is 2. The number of nitrogens with one attached hydrogen (secondary N) is 1. The highest BCUT2D eigenvalue weighted by atomic mass is 35.5. The van der Waals surface area contributed by atoms with Gasteiger partial charge in [0.25, 0.3) is 0 Å². The van der Waals surface area contributed by atoms with Gasteiger partial charge in [0, 0.05) is 43.6 Å². The molecule has 1 aliphatic heterocycles. The van der Waals surface area contributed by atoms with Crippen LogP contribution in [0.4, 0.5) is 5.69 Å². The van der Waals surface area contributed by atoms with Crippen LogP contribution in [0.3, 0.4) is 0 Å². The summed E-state index contributed by atoms with van der Waals surface area (Å²) in [4.78, 5) is 28.7. The molecule has 2 amide bonds. The first-order valence-corrected chi connectivity index (χ1v) is 15.6. The fraction of sp³-hybridized carbons (Fsp3) is 0.333. The van der Waals surface area contributed by atoms with E-state index >= 15 is 0 Å². The fourth-order valence-electron chi connectivity index (χ4n) is 4.70. The maximum Gasteiger partial charge on any atom is 0.243 e. The number of rotatable bonds is 13. The van der Waals surface area contributed by atoms with Crippen LogP contribution in [0.2, 0.25) is 5.02 Å². The van der Waals surface area contributed by atoms with Crippen molar-refractivity contribution in [1.29, 1.82) is 0 Å². The van der Waals surface area contributed by atoms with Gasteiger partial charge in [0.1, 0.15) is 6.04 Å². The van der Waals surface area contributed by atoms with Gasteiger partial charge >= 0.3 is 0 Å². The average molecular weight is 600 g/mol. The highest BCUT2D eigenvalue weighted by Gasteiger charge is 2.31. The number of carbonyl (C=O) groups is 2. The molecule has 218 valence electrons. The number of likely N-dealkylation sites (N-methyl/N-ethyl adjacent to an activating group) is 1. The van der Waals surface area contributed by atoms with Gasteiger partial charge in [0.05, 0.1) is 11.9 Å². The van der Waals surface area contributed by atoms with Crippen molar-refractivity contribution in [2.45, 2.75) is 38.8 Å². The molecule has 0 aromatic heterocycles. The first-order chi connectivity index (χ1) is 19.7. The smallest absolute Gasteiger partial charge is 0.243 e. The second-order valence-electron chi connectivity index (χ2n) is 9.69. The summed E-state index contributed by atoms with van der Waals surface area (Å²) < 4.78 is 37.4. The third-order valence-corrected chi connectivity index (χ3v) is 8.28. The molecular weight excluding hydrogens is 566 g/mol. The quantitative estimate of drug-likeness (QED) is 0.312. The van der Waals surface area contributed by atoms with Crippen LogP contribution in [0.5, 0.6) is 11.5 Å². The van der Waals surface area contributed by atoms with Crippen molar-refractivity contribution < 1.29 is 27.5 Å². The van der Waals surface area contributed by atoms with E-state index in [0.717, 1.165) is 11.8 Å². The van der Waals surface area contributed by atoms with Crippen LogP contribution in [0.25, 0.3) is 0 Å². The molecule has 41 heavy (non-hydrogen) atoms. The van der Waals surface area contributed by atoms with Crippen LogP contribution in [0.1, 0.15) is 30.9 Å². The summed E-state index contributed by atoms with van der Waals surface area (Å²) in [5, 5.41) is 3.35. The van der Waals surface area contributed by atoms with E-state index in [0.29, 0.717) is 40.7 Å². The van der Waals surface area contributed by atoms with Gasteiger partial charge in [-0.3, -0.25) is 13.9 Å². The van der Waals surface area contributed by atoms with E-state index in [-0.39, 0.29) is 44.5 Å². The monoisotopic (exact) mass is 599 g/mol. The second kappa shape index (κ2) is 13.7. The summed E-state index contributed by atoms with van der Waals surface area (Å²) in [5.74, 6) is 0.456. The molecule has 0 saturated carbocycles. The van der Waals surface area contributed by atoms with Crippen LogP contribution in [0, 0.1) is 0 Å². The maximum absolute atomic E-state index is 13.8. The molecule has 11 heteroatoms. The number of benzene rings is 3. The Morgan fingerprint density at radius 3 is 2.41 bits per heavy atom.